The zero-order chi connectivity index (χ0) is 33.4. The van der Waals surface area contributed by atoms with Gasteiger partial charge < -0.3 is 19.1 Å². The molecule has 0 saturated heterocycles. The summed E-state index contributed by atoms with van der Waals surface area (Å²) in [6.45, 7) is 10.1. The molecule has 2 aliphatic carbocycles. The third-order valence-corrected chi connectivity index (χ3v) is 12.3. The van der Waals surface area contributed by atoms with E-state index in [9.17, 15) is 17.8 Å². The van der Waals surface area contributed by atoms with Gasteiger partial charge >= 0.3 is 0 Å². The fraction of sp³-hybridized carbons (Fsp3) is 0.472. The third kappa shape index (κ3) is 7.87. The average Bonchev–Trinajstić information content (AvgIpc) is 3.28. The van der Waals surface area contributed by atoms with Crippen LogP contribution in [0.15, 0.2) is 87.5 Å². The van der Waals surface area contributed by atoms with Crippen LogP contribution in [-0.2, 0) is 25.8 Å². The van der Waals surface area contributed by atoms with Crippen molar-refractivity contribution in [2.24, 2.45) is 16.7 Å². The van der Waals surface area contributed by atoms with Crippen LogP contribution >= 0.6 is 0 Å². The molecule has 2 saturated carbocycles. The van der Waals surface area contributed by atoms with Gasteiger partial charge in [0.15, 0.2) is 14.7 Å². The molecule has 2 fully saturated rings. The Labute approximate surface area is 273 Å². The normalized spacial score (nSPS) is 20.5. The Kier molecular flexibility index (Phi) is 10.1. The van der Waals surface area contributed by atoms with E-state index in [1.165, 1.54) is 26.1 Å². The Morgan fingerprint density at radius 1 is 0.822 bits per heavy atom. The maximum absolute atomic E-state index is 11.8. The summed E-state index contributed by atoms with van der Waals surface area (Å²) in [6, 6.07) is 26.3. The Bertz CT molecular complexity index is 1520. The maximum Gasteiger partial charge on any atom is 0.166 e. The van der Waals surface area contributed by atoms with Gasteiger partial charge in [-0.2, -0.15) is 0 Å². The second kappa shape index (κ2) is 13.0. The topological polar surface area (TPSA) is 90.0 Å². The van der Waals surface area contributed by atoms with Gasteiger partial charge in [0.1, 0.15) is 17.1 Å². The van der Waals surface area contributed by atoms with Crippen molar-refractivity contribution in [2.45, 2.75) is 74.2 Å². The van der Waals surface area contributed by atoms with Gasteiger partial charge in [-0.3, -0.25) is 4.79 Å². The molecule has 2 unspecified atom stereocenters. The number of hydrogen-bond donors (Lipinski definition) is 0. The number of benzene rings is 3. The van der Waals surface area contributed by atoms with Gasteiger partial charge in [-0.25, -0.2) is 8.42 Å². The van der Waals surface area contributed by atoms with Gasteiger partial charge in [0.25, 0.3) is 0 Å². The first kappa shape index (κ1) is 34.9. The van der Waals surface area contributed by atoms with Crippen LogP contribution in [0.25, 0.3) is 0 Å². The standard InChI is InChI=1S/C26H33N2OS.C10H16O4S/c1-26(2,3)29-22-12-18-25(19-13-22)30(23-14-8-20(9-15-23)27(4)5)24-16-10-21(11-17-24)28(6)7;1-9(2)7-3-4-10(9,8(11)5-7)6-15(12,13)14/h8-19H,1-7H3;7H,3-6H2,1-2H3,(H,12,13,14)/q+1;/p-1. The summed E-state index contributed by atoms with van der Waals surface area (Å²) in [5.74, 6) is 0.623. The largest absolute Gasteiger partial charge is 0.748 e. The minimum Gasteiger partial charge on any atom is -0.748 e. The van der Waals surface area contributed by atoms with Gasteiger partial charge in [-0.1, -0.05) is 13.8 Å². The van der Waals surface area contributed by atoms with Crippen LogP contribution in [0.2, 0.25) is 0 Å². The highest BCUT2D eigenvalue weighted by atomic mass is 32.2. The number of anilines is 2. The van der Waals surface area contributed by atoms with Crippen molar-refractivity contribution in [3.05, 3.63) is 72.8 Å². The van der Waals surface area contributed by atoms with Crippen LogP contribution in [0.1, 0.15) is 53.9 Å². The van der Waals surface area contributed by atoms with Crippen LogP contribution < -0.4 is 14.5 Å². The molecule has 0 N–H and O–H groups in total. The first-order valence-electron chi connectivity index (χ1n) is 15.4. The number of rotatable bonds is 8. The molecule has 9 heteroatoms. The van der Waals surface area contributed by atoms with E-state index in [1.807, 2.05) is 13.8 Å². The van der Waals surface area contributed by atoms with Gasteiger partial charge in [-0.05, 0) is 118 Å². The molecule has 2 atom stereocenters. The van der Waals surface area contributed by atoms with Crippen molar-refractivity contribution in [3.63, 3.8) is 0 Å². The number of ether oxygens (including phenoxy) is 1. The molecular weight excluding hydrogens is 605 g/mol. The quantitative estimate of drug-likeness (QED) is 0.191. The highest BCUT2D eigenvalue weighted by Gasteiger charge is 2.64. The maximum atomic E-state index is 11.8. The number of ketones is 1. The number of hydrogen-bond acceptors (Lipinski definition) is 7. The van der Waals surface area contributed by atoms with Crippen LogP contribution in [0.3, 0.4) is 0 Å². The molecule has 3 aromatic rings. The van der Waals surface area contributed by atoms with Crippen LogP contribution in [-0.4, -0.2) is 58.3 Å². The number of fused-ring (bicyclic) bond motifs is 2. The molecule has 0 spiro atoms. The van der Waals surface area contributed by atoms with Gasteiger partial charge in [0, 0.05) is 51.4 Å². The summed E-state index contributed by atoms with van der Waals surface area (Å²) < 4.78 is 38.7. The van der Waals surface area contributed by atoms with Crippen molar-refractivity contribution in [1.29, 1.82) is 0 Å². The predicted octanol–water partition coefficient (Wildman–Crippen LogP) is 7.02. The SMILES string of the molecule is CC1(C)C2CCC1(CS(=O)(=O)[O-])C(=O)C2.CN(C)c1ccc([S+](c2ccc(OC(C)(C)C)cc2)c2ccc(N(C)C)cc2)cc1. The van der Waals surface area contributed by atoms with Crippen molar-refractivity contribution in [3.8, 4) is 5.75 Å². The minimum absolute atomic E-state index is 0.0248. The summed E-state index contributed by atoms with van der Waals surface area (Å²) >= 11 is 0. The number of carbonyl (C=O) groups is 1. The zero-order valence-electron chi connectivity index (χ0n) is 28.1. The van der Waals surface area contributed by atoms with E-state index in [4.69, 9.17) is 4.74 Å². The Morgan fingerprint density at radius 2 is 1.24 bits per heavy atom. The monoisotopic (exact) mass is 652 g/mol. The lowest BCUT2D eigenvalue weighted by Crippen LogP contribution is -2.42. The number of Topliss-reactive ketones (excluding diaryl/α,β-unsaturated/α-hetero) is 1. The van der Waals surface area contributed by atoms with Crippen molar-refractivity contribution < 1.29 is 22.5 Å². The highest BCUT2D eigenvalue weighted by Crippen LogP contribution is 2.64. The molecule has 2 aliphatic rings. The second-order valence-electron chi connectivity index (χ2n) is 14.1. The van der Waals surface area contributed by atoms with Crippen LogP contribution in [0.5, 0.6) is 5.75 Å². The van der Waals surface area contributed by atoms with E-state index in [0.29, 0.717) is 12.8 Å². The lowest BCUT2D eigenvalue weighted by atomic mass is 9.70. The van der Waals surface area contributed by atoms with E-state index < -0.39 is 21.3 Å². The minimum atomic E-state index is -4.33. The Morgan fingerprint density at radius 3 is 1.56 bits per heavy atom. The summed E-state index contributed by atoms with van der Waals surface area (Å²) in [7, 11) is 3.78. The average molecular weight is 653 g/mol. The molecular formula is C36H48N2O5S2. The van der Waals surface area contributed by atoms with Crippen LogP contribution in [0, 0.1) is 16.7 Å². The van der Waals surface area contributed by atoms with E-state index in [2.05, 4.69) is 132 Å². The van der Waals surface area contributed by atoms with E-state index in [-0.39, 0.29) is 33.6 Å². The highest BCUT2D eigenvalue weighted by molar-refractivity contribution is 7.97. The molecule has 2 bridgehead atoms. The first-order chi connectivity index (χ1) is 20.8. The van der Waals surface area contributed by atoms with Crippen molar-refractivity contribution in [2.75, 3.05) is 43.7 Å². The third-order valence-electron chi connectivity index (χ3n) is 9.22. The van der Waals surface area contributed by atoms with Gasteiger partial charge in [0.2, 0.25) is 0 Å². The lowest BCUT2D eigenvalue weighted by Gasteiger charge is -2.37. The van der Waals surface area contributed by atoms with Crippen LogP contribution in [0.4, 0.5) is 11.4 Å². The number of carbonyl (C=O) groups excluding carboxylic acids is 1. The van der Waals surface area contributed by atoms with Gasteiger partial charge in [-0.15, -0.1) is 0 Å². The molecule has 0 aromatic heterocycles. The summed E-state index contributed by atoms with van der Waals surface area (Å²) in [6.07, 6.45) is 1.88. The Hall–Kier alpha value is -3.01. The fourth-order valence-electron chi connectivity index (χ4n) is 6.58. The summed E-state index contributed by atoms with van der Waals surface area (Å²) in [5, 5.41) is 0. The smallest absolute Gasteiger partial charge is 0.166 e. The Balaban J connectivity index is 0.000000256. The van der Waals surface area contributed by atoms with Crippen molar-refractivity contribution >= 4 is 38.2 Å². The molecule has 0 amide bonds. The zero-order valence-corrected chi connectivity index (χ0v) is 29.7. The molecule has 0 aliphatic heterocycles. The number of nitrogens with zero attached hydrogens (tertiary/aromatic N) is 2. The van der Waals surface area contributed by atoms with E-state index in [0.717, 1.165) is 12.2 Å². The fourth-order valence-corrected chi connectivity index (χ4v) is 9.90. The first-order valence-corrected chi connectivity index (χ1v) is 18.2. The molecule has 0 heterocycles. The molecule has 3 aromatic carbocycles. The predicted molar refractivity (Wildman–Crippen MR) is 184 cm³/mol. The lowest BCUT2D eigenvalue weighted by molar-refractivity contribution is -0.128. The molecule has 244 valence electrons. The van der Waals surface area contributed by atoms with E-state index in [1.54, 1.807) is 0 Å². The molecule has 5 rings (SSSR count). The van der Waals surface area contributed by atoms with Gasteiger partial charge in [0.05, 0.1) is 26.8 Å². The van der Waals surface area contributed by atoms with Crippen molar-refractivity contribution in [1.82, 2.24) is 0 Å². The molecule has 45 heavy (non-hydrogen) atoms. The van der Waals surface area contributed by atoms with E-state index >= 15 is 0 Å². The summed E-state index contributed by atoms with van der Waals surface area (Å²) in [5.41, 5.74) is 0.992. The summed E-state index contributed by atoms with van der Waals surface area (Å²) in [4.78, 5) is 20.0. The molecule has 0 radical (unpaired) electrons. The molecule has 7 nitrogen and oxygen atoms in total. The second-order valence-corrected chi connectivity index (χ2v) is 17.6.